The molecule has 1 saturated carbocycles. The van der Waals surface area contributed by atoms with Crippen LogP contribution in [0.25, 0.3) is 0 Å². The van der Waals surface area contributed by atoms with Crippen LogP contribution in [0.15, 0.2) is 24.3 Å². The number of rotatable bonds is 6. The van der Waals surface area contributed by atoms with E-state index < -0.39 is 10.0 Å². The number of anilines is 1. The first-order chi connectivity index (χ1) is 10.9. The second-order valence-corrected chi connectivity index (χ2v) is 8.92. The molecule has 5 nitrogen and oxygen atoms in total. The maximum Gasteiger partial charge on any atom is 0.235 e. The Balaban J connectivity index is 1.62. The van der Waals surface area contributed by atoms with Crippen molar-refractivity contribution in [1.82, 2.24) is 0 Å². The van der Waals surface area contributed by atoms with E-state index in [1.54, 1.807) is 24.3 Å². The summed E-state index contributed by atoms with van der Waals surface area (Å²) >= 11 is 0. The Morgan fingerprint density at radius 1 is 1.13 bits per heavy atom. The molecule has 1 N–H and O–H groups in total. The minimum absolute atomic E-state index is 0.131. The summed E-state index contributed by atoms with van der Waals surface area (Å²) in [4.78, 5) is 0. The zero-order chi connectivity index (χ0) is 16.5. The smallest absolute Gasteiger partial charge is 0.235 e. The quantitative estimate of drug-likeness (QED) is 0.807. The summed E-state index contributed by atoms with van der Waals surface area (Å²) in [5.74, 6) is 0.714. The van der Waals surface area contributed by atoms with Crippen molar-refractivity contribution in [3.63, 3.8) is 0 Å². The van der Waals surface area contributed by atoms with Crippen molar-refractivity contribution in [2.24, 2.45) is 0 Å². The first-order valence-corrected chi connectivity index (χ1v) is 9.84. The molecule has 0 aromatic heterocycles. The van der Waals surface area contributed by atoms with Gasteiger partial charge in [-0.05, 0) is 51.0 Å². The van der Waals surface area contributed by atoms with Gasteiger partial charge < -0.3 is 9.47 Å². The summed E-state index contributed by atoms with van der Waals surface area (Å²) in [5.41, 5.74) is 0.215. The van der Waals surface area contributed by atoms with Crippen molar-refractivity contribution in [3.05, 3.63) is 24.3 Å². The Kier molecular flexibility index (Phi) is 4.56. The van der Waals surface area contributed by atoms with Crippen LogP contribution in [0.1, 0.15) is 46.0 Å². The molecule has 1 unspecified atom stereocenters. The molecule has 6 heteroatoms. The lowest BCUT2D eigenvalue weighted by Crippen LogP contribution is -2.34. The summed E-state index contributed by atoms with van der Waals surface area (Å²) in [6, 6.07) is 7.09. The molecular formula is C17H25NO4S. The van der Waals surface area contributed by atoms with Crippen LogP contribution in [0.3, 0.4) is 0 Å². The predicted molar refractivity (Wildman–Crippen MR) is 90.3 cm³/mol. The number of epoxide rings is 1. The van der Waals surface area contributed by atoms with Gasteiger partial charge in [0.15, 0.2) is 0 Å². The summed E-state index contributed by atoms with van der Waals surface area (Å²) in [7, 11) is -3.30. The van der Waals surface area contributed by atoms with Gasteiger partial charge in [-0.2, -0.15) is 0 Å². The molecule has 128 valence electrons. The van der Waals surface area contributed by atoms with E-state index >= 15 is 0 Å². The highest BCUT2D eigenvalue weighted by Crippen LogP contribution is 2.30. The fourth-order valence-electron chi connectivity index (χ4n) is 3.03. The lowest BCUT2D eigenvalue weighted by Gasteiger charge is -2.25. The molecular weight excluding hydrogens is 314 g/mol. The minimum Gasteiger partial charge on any atom is -0.485 e. The van der Waals surface area contributed by atoms with Gasteiger partial charge in [-0.15, -0.1) is 0 Å². The summed E-state index contributed by atoms with van der Waals surface area (Å²) < 4.78 is 38.7. The van der Waals surface area contributed by atoms with Crippen molar-refractivity contribution in [2.45, 2.75) is 62.9 Å². The zero-order valence-electron chi connectivity index (χ0n) is 13.7. The van der Waals surface area contributed by atoms with Crippen LogP contribution in [0.4, 0.5) is 5.69 Å². The third-order valence-corrected chi connectivity index (χ3v) is 6.46. The van der Waals surface area contributed by atoms with Crippen molar-refractivity contribution in [2.75, 3.05) is 11.3 Å². The Morgan fingerprint density at radius 3 is 2.30 bits per heavy atom. The van der Waals surface area contributed by atoms with Crippen LogP contribution >= 0.6 is 0 Å². The van der Waals surface area contributed by atoms with Crippen molar-refractivity contribution in [1.29, 1.82) is 0 Å². The van der Waals surface area contributed by atoms with Gasteiger partial charge in [-0.25, -0.2) is 8.42 Å². The third-order valence-electron chi connectivity index (χ3n) is 4.60. The SMILES string of the molecule is CC(C)(Oc1ccc(NS(=O)(=O)C2CCCCC2)cc1)C1CO1. The molecule has 1 aliphatic carbocycles. The van der Waals surface area contributed by atoms with Gasteiger partial charge >= 0.3 is 0 Å². The Morgan fingerprint density at radius 2 is 1.74 bits per heavy atom. The van der Waals surface area contributed by atoms with E-state index in [0.717, 1.165) is 38.7 Å². The number of sulfonamides is 1. The van der Waals surface area contributed by atoms with Crippen LogP contribution in [0.5, 0.6) is 5.75 Å². The van der Waals surface area contributed by atoms with Gasteiger partial charge in [0, 0.05) is 5.69 Å². The standard InChI is InChI=1S/C17H25NO4S/c1-17(2,16-12-21-16)22-14-10-8-13(9-11-14)18-23(19,20)15-6-4-3-5-7-15/h8-11,15-16,18H,3-7,12H2,1-2H3. The van der Waals surface area contributed by atoms with E-state index in [1.807, 2.05) is 13.8 Å². The average Bonchev–Trinajstić information content (AvgIpc) is 3.35. The first kappa shape index (κ1) is 16.6. The van der Waals surface area contributed by atoms with E-state index in [4.69, 9.17) is 9.47 Å². The number of hydrogen-bond acceptors (Lipinski definition) is 4. The molecule has 1 aromatic carbocycles. The molecule has 0 amide bonds. The van der Waals surface area contributed by atoms with E-state index in [2.05, 4.69) is 4.72 Å². The first-order valence-electron chi connectivity index (χ1n) is 8.29. The van der Waals surface area contributed by atoms with E-state index in [0.29, 0.717) is 11.4 Å². The Labute approximate surface area is 138 Å². The fraction of sp³-hybridized carbons (Fsp3) is 0.647. The molecule has 23 heavy (non-hydrogen) atoms. The van der Waals surface area contributed by atoms with Crippen molar-refractivity contribution >= 4 is 15.7 Å². The molecule has 1 aliphatic heterocycles. The van der Waals surface area contributed by atoms with Gasteiger partial charge in [0.2, 0.25) is 10.0 Å². The van der Waals surface area contributed by atoms with E-state index in [1.165, 1.54) is 0 Å². The maximum atomic E-state index is 12.4. The van der Waals surface area contributed by atoms with Crippen molar-refractivity contribution < 1.29 is 17.9 Å². The summed E-state index contributed by atoms with van der Waals surface area (Å²) in [6.45, 7) is 4.71. The highest BCUT2D eigenvalue weighted by molar-refractivity contribution is 7.93. The second-order valence-electron chi connectivity index (χ2n) is 6.96. The molecule has 0 spiro atoms. The maximum absolute atomic E-state index is 12.4. The molecule has 1 aromatic rings. The average molecular weight is 339 g/mol. The van der Waals surface area contributed by atoms with Crippen LogP contribution in [-0.4, -0.2) is 32.0 Å². The van der Waals surface area contributed by atoms with E-state index in [9.17, 15) is 8.42 Å². The molecule has 2 fully saturated rings. The molecule has 2 aliphatic rings. The van der Waals surface area contributed by atoms with Gasteiger partial charge in [0.05, 0.1) is 11.9 Å². The summed E-state index contributed by atoms with van der Waals surface area (Å²) in [6.07, 6.45) is 4.77. The largest absolute Gasteiger partial charge is 0.485 e. The highest BCUT2D eigenvalue weighted by atomic mass is 32.2. The van der Waals surface area contributed by atoms with Crippen LogP contribution in [-0.2, 0) is 14.8 Å². The number of nitrogens with one attached hydrogen (secondary N) is 1. The lowest BCUT2D eigenvalue weighted by atomic mass is 10.0. The number of ether oxygens (including phenoxy) is 2. The monoisotopic (exact) mass is 339 g/mol. The van der Waals surface area contributed by atoms with Gasteiger partial charge in [0.1, 0.15) is 17.5 Å². The number of benzene rings is 1. The molecule has 0 bridgehead atoms. The molecule has 0 radical (unpaired) electrons. The van der Waals surface area contributed by atoms with Crippen LogP contribution in [0, 0.1) is 0 Å². The topological polar surface area (TPSA) is 67.9 Å². The molecule has 1 saturated heterocycles. The van der Waals surface area contributed by atoms with Crippen molar-refractivity contribution in [3.8, 4) is 5.75 Å². The predicted octanol–water partition coefficient (Wildman–Crippen LogP) is 3.32. The molecule has 1 atom stereocenters. The molecule has 1 heterocycles. The van der Waals surface area contributed by atoms with E-state index in [-0.39, 0.29) is 17.0 Å². The minimum atomic E-state index is -3.30. The third kappa shape index (κ3) is 4.18. The highest BCUT2D eigenvalue weighted by Gasteiger charge is 2.41. The Hall–Kier alpha value is -1.27. The normalized spacial score (nSPS) is 22.6. The van der Waals surface area contributed by atoms with Gasteiger partial charge in [-0.1, -0.05) is 19.3 Å². The van der Waals surface area contributed by atoms with Gasteiger partial charge in [0.25, 0.3) is 0 Å². The molecule has 3 rings (SSSR count). The van der Waals surface area contributed by atoms with Crippen LogP contribution in [0.2, 0.25) is 0 Å². The zero-order valence-corrected chi connectivity index (χ0v) is 14.6. The lowest BCUT2D eigenvalue weighted by molar-refractivity contribution is 0.0744. The number of hydrogen-bond donors (Lipinski definition) is 1. The van der Waals surface area contributed by atoms with Gasteiger partial charge in [-0.3, -0.25) is 4.72 Å². The fourth-order valence-corrected chi connectivity index (χ4v) is 4.62. The second kappa shape index (κ2) is 6.32. The Bertz CT molecular complexity index is 629. The van der Waals surface area contributed by atoms with Crippen LogP contribution < -0.4 is 9.46 Å². The summed E-state index contributed by atoms with van der Waals surface area (Å²) in [5, 5.41) is -0.266.